The Balaban J connectivity index is 2.59. The maximum absolute atomic E-state index is 11.0. The van der Waals surface area contributed by atoms with Gasteiger partial charge in [-0.3, -0.25) is 0 Å². The molecule has 0 fully saturated rings. The first-order chi connectivity index (χ1) is 6.87. The highest BCUT2D eigenvalue weighted by Gasteiger charge is 2.10. The van der Waals surface area contributed by atoms with Crippen LogP contribution in [0.2, 0.25) is 0 Å². The van der Waals surface area contributed by atoms with E-state index < -0.39 is 9.84 Å². The lowest BCUT2D eigenvalue weighted by molar-refractivity contribution is 0.598. The third-order valence-electron chi connectivity index (χ3n) is 1.86. The maximum atomic E-state index is 11.0. The van der Waals surface area contributed by atoms with Crippen LogP contribution < -0.4 is 5.32 Å². The Morgan fingerprint density at radius 2 is 2.13 bits per heavy atom. The molecule has 0 aromatic carbocycles. The van der Waals surface area contributed by atoms with Crippen molar-refractivity contribution in [3.05, 3.63) is 23.9 Å². The number of sulfone groups is 1. The smallest absolute Gasteiger partial charge is 0.149 e. The molecular weight excluding hydrogens is 212 g/mol. The van der Waals surface area contributed by atoms with E-state index in [9.17, 15) is 8.42 Å². The summed E-state index contributed by atoms with van der Waals surface area (Å²) < 4.78 is 22.1. The number of pyridine rings is 1. The summed E-state index contributed by atoms with van der Waals surface area (Å²) in [4.78, 5) is 4.14. The molecule has 1 aromatic heterocycles. The van der Waals surface area contributed by atoms with Gasteiger partial charge < -0.3 is 5.32 Å². The summed E-state index contributed by atoms with van der Waals surface area (Å²) in [5, 5.41) is 3.04. The Hall–Kier alpha value is -1.10. The molecular formula is C10H16N2O2S. The molecule has 1 heterocycles. The van der Waals surface area contributed by atoms with E-state index in [0.29, 0.717) is 5.82 Å². The normalized spacial score (nSPS) is 13.5. The second-order valence-corrected chi connectivity index (χ2v) is 6.04. The molecule has 1 atom stereocenters. The van der Waals surface area contributed by atoms with E-state index in [2.05, 4.69) is 10.3 Å². The summed E-state index contributed by atoms with van der Waals surface area (Å²) >= 11 is 0. The fourth-order valence-electron chi connectivity index (χ4n) is 1.30. The van der Waals surface area contributed by atoms with Crippen LogP contribution in [-0.4, -0.2) is 31.5 Å². The summed E-state index contributed by atoms with van der Waals surface area (Å²) in [6.07, 6.45) is 2.98. The molecule has 15 heavy (non-hydrogen) atoms. The van der Waals surface area contributed by atoms with Crippen LogP contribution in [-0.2, 0) is 9.84 Å². The lowest BCUT2D eigenvalue weighted by Crippen LogP contribution is -2.25. The molecule has 84 valence electrons. The number of rotatable bonds is 4. The molecule has 0 aliphatic heterocycles. The summed E-state index contributed by atoms with van der Waals surface area (Å²) in [5.41, 5.74) is 1.08. The van der Waals surface area contributed by atoms with Crippen LogP contribution in [0.3, 0.4) is 0 Å². The predicted molar refractivity (Wildman–Crippen MR) is 61.8 cm³/mol. The molecule has 0 aliphatic carbocycles. The van der Waals surface area contributed by atoms with E-state index in [4.69, 9.17) is 0 Å². The molecule has 0 bridgehead atoms. The Bertz CT molecular complexity index is 412. The number of aromatic nitrogens is 1. The highest BCUT2D eigenvalue weighted by molar-refractivity contribution is 7.90. The van der Waals surface area contributed by atoms with E-state index in [0.717, 1.165) is 5.56 Å². The Morgan fingerprint density at radius 3 is 2.60 bits per heavy atom. The third kappa shape index (κ3) is 4.78. The van der Waals surface area contributed by atoms with Crippen LogP contribution in [0.15, 0.2) is 18.3 Å². The standard InChI is InChI=1S/C10H16N2O2S/c1-8-4-5-10(11-6-8)12-9(2)7-15(3,13)14/h4-6,9H,7H2,1-3H3,(H,11,12). The van der Waals surface area contributed by atoms with Gasteiger partial charge in [-0.15, -0.1) is 0 Å². The summed E-state index contributed by atoms with van der Waals surface area (Å²) in [6.45, 7) is 3.78. The van der Waals surface area contributed by atoms with E-state index in [1.54, 1.807) is 6.20 Å². The minimum atomic E-state index is -2.94. The molecule has 1 N–H and O–H groups in total. The fourth-order valence-corrected chi connectivity index (χ4v) is 2.29. The summed E-state index contributed by atoms with van der Waals surface area (Å²) in [6, 6.07) is 3.64. The molecule has 0 aliphatic rings. The van der Waals surface area contributed by atoms with E-state index in [1.807, 2.05) is 26.0 Å². The summed E-state index contributed by atoms with van der Waals surface area (Å²) in [5.74, 6) is 0.819. The van der Waals surface area contributed by atoms with Gasteiger partial charge in [0.15, 0.2) is 0 Å². The fraction of sp³-hybridized carbons (Fsp3) is 0.500. The van der Waals surface area contributed by atoms with E-state index >= 15 is 0 Å². The lowest BCUT2D eigenvalue weighted by atomic mass is 10.3. The molecule has 0 saturated carbocycles. The molecule has 1 rings (SSSR count). The number of aryl methyl sites for hydroxylation is 1. The maximum Gasteiger partial charge on any atom is 0.149 e. The summed E-state index contributed by atoms with van der Waals surface area (Å²) in [7, 11) is -2.94. The van der Waals surface area contributed by atoms with Crippen LogP contribution in [0, 0.1) is 6.92 Å². The SMILES string of the molecule is Cc1ccc(NC(C)CS(C)(=O)=O)nc1. The number of hydrogen-bond acceptors (Lipinski definition) is 4. The lowest BCUT2D eigenvalue weighted by Gasteiger charge is -2.13. The second kappa shape index (κ2) is 4.61. The topological polar surface area (TPSA) is 59.1 Å². The van der Waals surface area contributed by atoms with Crippen LogP contribution in [0.1, 0.15) is 12.5 Å². The Kier molecular flexibility index (Phi) is 3.68. The number of nitrogens with one attached hydrogen (secondary N) is 1. The predicted octanol–water partition coefficient (Wildman–Crippen LogP) is 1.24. The molecule has 0 radical (unpaired) electrons. The first-order valence-corrected chi connectivity index (χ1v) is 6.80. The van der Waals surface area contributed by atoms with Crippen molar-refractivity contribution in [1.29, 1.82) is 0 Å². The molecule has 0 saturated heterocycles. The van der Waals surface area contributed by atoms with Crippen molar-refractivity contribution in [2.24, 2.45) is 0 Å². The van der Waals surface area contributed by atoms with Crippen molar-refractivity contribution in [3.8, 4) is 0 Å². The Labute approximate surface area is 90.7 Å². The van der Waals surface area contributed by atoms with Gasteiger partial charge in [0.25, 0.3) is 0 Å². The average molecular weight is 228 g/mol. The highest BCUT2D eigenvalue weighted by atomic mass is 32.2. The van der Waals surface area contributed by atoms with Gasteiger partial charge >= 0.3 is 0 Å². The van der Waals surface area contributed by atoms with E-state index in [1.165, 1.54) is 6.26 Å². The highest BCUT2D eigenvalue weighted by Crippen LogP contribution is 2.06. The molecule has 0 amide bonds. The van der Waals surface area contributed by atoms with E-state index in [-0.39, 0.29) is 11.8 Å². The van der Waals surface area contributed by atoms with Crippen molar-refractivity contribution >= 4 is 15.7 Å². The minimum Gasteiger partial charge on any atom is -0.367 e. The quantitative estimate of drug-likeness (QED) is 0.842. The van der Waals surface area contributed by atoms with Gasteiger partial charge in [0, 0.05) is 18.5 Å². The molecule has 0 spiro atoms. The first kappa shape index (κ1) is 12.0. The molecule has 1 unspecified atom stereocenters. The van der Waals surface area contributed by atoms with Gasteiger partial charge in [0.05, 0.1) is 5.75 Å². The average Bonchev–Trinajstić information content (AvgIpc) is 2.05. The first-order valence-electron chi connectivity index (χ1n) is 4.74. The van der Waals surface area contributed by atoms with Gasteiger partial charge in [0.1, 0.15) is 15.7 Å². The van der Waals surface area contributed by atoms with Crippen molar-refractivity contribution in [2.45, 2.75) is 19.9 Å². The zero-order valence-electron chi connectivity index (χ0n) is 9.19. The number of hydrogen-bond donors (Lipinski definition) is 1. The van der Waals surface area contributed by atoms with Crippen molar-refractivity contribution < 1.29 is 8.42 Å². The molecule has 5 heteroatoms. The zero-order chi connectivity index (χ0) is 11.5. The van der Waals surface area contributed by atoms with Gasteiger partial charge in [-0.25, -0.2) is 13.4 Å². The van der Waals surface area contributed by atoms with Crippen LogP contribution in [0.25, 0.3) is 0 Å². The number of nitrogens with zero attached hydrogens (tertiary/aromatic N) is 1. The molecule has 4 nitrogen and oxygen atoms in total. The molecule has 1 aromatic rings. The van der Waals surface area contributed by atoms with Crippen LogP contribution in [0.4, 0.5) is 5.82 Å². The van der Waals surface area contributed by atoms with Crippen molar-refractivity contribution in [3.63, 3.8) is 0 Å². The third-order valence-corrected chi connectivity index (χ3v) is 2.96. The van der Waals surface area contributed by atoms with Crippen LogP contribution in [0.5, 0.6) is 0 Å². The van der Waals surface area contributed by atoms with Gasteiger partial charge in [-0.2, -0.15) is 0 Å². The largest absolute Gasteiger partial charge is 0.367 e. The van der Waals surface area contributed by atoms with Gasteiger partial charge in [0.2, 0.25) is 0 Å². The van der Waals surface area contributed by atoms with Gasteiger partial charge in [-0.1, -0.05) is 6.07 Å². The minimum absolute atomic E-state index is 0.114. The zero-order valence-corrected chi connectivity index (χ0v) is 10.0. The van der Waals surface area contributed by atoms with Crippen LogP contribution >= 0.6 is 0 Å². The number of anilines is 1. The Morgan fingerprint density at radius 1 is 1.47 bits per heavy atom. The van der Waals surface area contributed by atoms with Crippen molar-refractivity contribution in [1.82, 2.24) is 4.98 Å². The van der Waals surface area contributed by atoms with Gasteiger partial charge in [-0.05, 0) is 25.5 Å². The second-order valence-electron chi connectivity index (χ2n) is 3.86. The monoisotopic (exact) mass is 228 g/mol. The van der Waals surface area contributed by atoms with Crippen molar-refractivity contribution in [2.75, 3.05) is 17.3 Å².